The number of rotatable bonds is 5. The fraction of sp³-hybridized carbons (Fsp3) is 0.700. The highest BCUT2D eigenvalue weighted by molar-refractivity contribution is 7.89. The van der Waals surface area contributed by atoms with E-state index in [-0.39, 0.29) is 22.4 Å². The van der Waals surface area contributed by atoms with Gasteiger partial charge in [-0.1, -0.05) is 0 Å². The lowest BCUT2D eigenvalue weighted by Crippen LogP contribution is -2.42. The molecule has 2 fully saturated rings. The van der Waals surface area contributed by atoms with Crippen LogP contribution in [0.3, 0.4) is 0 Å². The van der Waals surface area contributed by atoms with Crippen molar-refractivity contribution in [2.75, 3.05) is 45.9 Å². The summed E-state index contributed by atoms with van der Waals surface area (Å²) >= 11 is 0. The molecule has 31 heavy (non-hydrogen) atoms. The Kier molecular flexibility index (Phi) is 7.28. The van der Waals surface area contributed by atoms with Crippen molar-refractivity contribution in [3.8, 4) is 0 Å². The Morgan fingerprint density at radius 3 is 2.45 bits per heavy atom. The summed E-state index contributed by atoms with van der Waals surface area (Å²) in [6, 6.07) is 1.41. The van der Waals surface area contributed by atoms with E-state index in [1.54, 1.807) is 4.90 Å². The predicted molar refractivity (Wildman–Crippen MR) is 113 cm³/mol. The first-order valence-corrected chi connectivity index (χ1v) is 12.0. The number of piperidine rings is 1. The number of alkyl carbamates (subject to hydrolysis) is 1. The van der Waals surface area contributed by atoms with Crippen LogP contribution in [0, 0.1) is 5.92 Å². The minimum Gasteiger partial charge on any atom is -0.444 e. The summed E-state index contributed by atoms with van der Waals surface area (Å²) in [6.07, 6.45) is 2.43. The van der Waals surface area contributed by atoms with E-state index in [4.69, 9.17) is 9.47 Å². The number of carbonyl (C=O) groups excluding carboxylic acids is 2. The van der Waals surface area contributed by atoms with Gasteiger partial charge in [-0.2, -0.15) is 4.31 Å². The first kappa shape index (κ1) is 23.6. The summed E-state index contributed by atoms with van der Waals surface area (Å²) in [4.78, 5) is 29.2. The highest BCUT2D eigenvalue weighted by atomic mass is 32.2. The smallest absolute Gasteiger partial charge is 0.407 e. The van der Waals surface area contributed by atoms with E-state index in [1.165, 1.54) is 16.6 Å². The third kappa shape index (κ3) is 6.20. The molecule has 2 saturated heterocycles. The summed E-state index contributed by atoms with van der Waals surface area (Å²) in [6.45, 7) is 8.39. The molecule has 0 saturated carbocycles. The van der Waals surface area contributed by atoms with E-state index in [9.17, 15) is 18.0 Å². The molecule has 1 aromatic rings. The second-order valence-corrected chi connectivity index (χ2v) is 10.8. The fourth-order valence-corrected chi connectivity index (χ4v) is 5.04. The molecule has 3 rings (SSSR count). The van der Waals surface area contributed by atoms with E-state index in [2.05, 4.69) is 10.3 Å². The van der Waals surface area contributed by atoms with Gasteiger partial charge in [0.2, 0.25) is 10.0 Å². The number of sulfonamides is 1. The van der Waals surface area contributed by atoms with Crippen molar-refractivity contribution < 1.29 is 27.5 Å². The molecule has 1 aromatic heterocycles. The van der Waals surface area contributed by atoms with Crippen molar-refractivity contribution >= 4 is 22.0 Å². The Hall–Kier alpha value is -2.11. The van der Waals surface area contributed by atoms with Gasteiger partial charge >= 0.3 is 6.09 Å². The van der Waals surface area contributed by atoms with Crippen LogP contribution in [-0.2, 0) is 19.5 Å². The SMILES string of the molecule is CC(C)(C)OC(=O)NCC1CCN(C(=O)c2cc(S(=O)(=O)N3CCOCC3)c[nH]2)CC1. The zero-order chi connectivity index (χ0) is 22.6. The monoisotopic (exact) mass is 456 g/mol. The van der Waals surface area contributed by atoms with E-state index >= 15 is 0 Å². The van der Waals surface area contributed by atoms with Crippen LogP contribution in [0.25, 0.3) is 0 Å². The largest absolute Gasteiger partial charge is 0.444 e. The Labute approximate surface area is 183 Å². The summed E-state index contributed by atoms with van der Waals surface area (Å²) in [5.41, 5.74) is -0.276. The van der Waals surface area contributed by atoms with E-state index < -0.39 is 21.7 Å². The number of nitrogens with one attached hydrogen (secondary N) is 2. The minimum atomic E-state index is -3.64. The maximum absolute atomic E-state index is 12.8. The average Bonchev–Trinajstić information content (AvgIpc) is 3.23. The lowest BCUT2D eigenvalue weighted by molar-refractivity contribution is 0.0499. The third-order valence-electron chi connectivity index (χ3n) is 5.33. The van der Waals surface area contributed by atoms with Gasteiger partial charge in [-0.25, -0.2) is 13.2 Å². The summed E-state index contributed by atoms with van der Waals surface area (Å²) in [7, 11) is -3.64. The zero-order valence-electron chi connectivity index (χ0n) is 18.3. The molecule has 0 spiro atoms. The van der Waals surface area contributed by atoms with Gasteiger partial charge in [-0.3, -0.25) is 4.79 Å². The lowest BCUT2D eigenvalue weighted by Gasteiger charge is -2.32. The Balaban J connectivity index is 1.50. The highest BCUT2D eigenvalue weighted by Gasteiger charge is 2.30. The maximum Gasteiger partial charge on any atom is 0.407 e. The van der Waals surface area contributed by atoms with E-state index in [0.29, 0.717) is 45.9 Å². The molecule has 2 amide bonds. The highest BCUT2D eigenvalue weighted by Crippen LogP contribution is 2.22. The third-order valence-corrected chi connectivity index (χ3v) is 7.21. The molecule has 2 N–H and O–H groups in total. The first-order valence-electron chi connectivity index (χ1n) is 10.6. The van der Waals surface area contributed by atoms with Gasteiger partial charge in [-0.05, 0) is 45.6 Å². The Morgan fingerprint density at radius 1 is 1.19 bits per heavy atom. The molecule has 0 bridgehead atoms. The second kappa shape index (κ2) is 9.58. The van der Waals surface area contributed by atoms with E-state index in [1.807, 2.05) is 20.8 Å². The number of aromatic nitrogens is 1. The maximum atomic E-state index is 12.8. The van der Waals surface area contributed by atoms with Crippen LogP contribution in [0.15, 0.2) is 17.2 Å². The van der Waals surface area contributed by atoms with E-state index in [0.717, 1.165) is 12.8 Å². The molecule has 0 radical (unpaired) electrons. The molecule has 3 heterocycles. The number of nitrogens with zero attached hydrogens (tertiary/aromatic N) is 2. The van der Waals surface area contributed by atoms with Gasteiger partial charge in [0.05, 0.1) is 13.2 Å². The van der Waals surface area contributed by atoms with Gasteiger partial charge in [0.15, 0.2) is 0 Å². The van der Waals surface area contributed by atoms with Gasteiger partial charge in [0.25, 0.3) is 5.91 Å². The summed E-state index contributed by atoms with van der Waals surface area (Å²) < 4.78 is 37.3. The summed E-state index contributed by atoms with van der Waals surface area (Å²) in [5, 5.41) is 2.78. The molecule has 0 aliphatic carbocycles. The molecule has 2 aliphatic heterocycles. The number of carbonyl (C=O) groups is 2. The van der Waals surface area contributed by atoms with Crippen LogP contribution in [-0.4, -0.2) is 86.1 Å². The lowest BCUT2D eigenvalue weighted by atomic mass is 9.96. The normalized spacial score (nSPS) is 19.3. The van der Waals surface area contributed by atoms with Crippen molar-refractivity contribution in [2.45, 2.75) is 44.1 Å². The quantitative estimate of drug-likeness (QED) is 0.691. The van der Waals surface area contributed by atoms with Crippen LogP contribution in [0.2, 0.25) is 0 Å². The molecule has 0 unspecified atom stereocenters. The number of H-pyrrole nitrogens is 1. The number of likely N-dealkylation sites (tertiary alicyclic amines) is 1. The number of aromatic amines is 1. The number of hydrogen-bond donors (Lipinski definition) is 2. The predicted octanol–water partition coefficient (Wildman–Crippen LogP) is 1.41. The minimum absolute atomic E-state index is 0.0918. The van der Waals surface area contributed by atoms with Crippen molar-refractivity contribution in [2.24, 2.45) is 5.92 Å². The molecule has 174 valence electrons. The molecule has 0 atom stereocenters. The number of hydrogen-bond acceptors (Lipinski definition) is 6. The second-order valence-electron chi connectivity index (χ2n) is 8.88. The fourth-order valence-electron chi connectivity index (χ4n) is 3.64. The molecular weight excluding hydrogens is 424 g/mol. The number of morpholine rings is 1. The standard InChI is InChI=1S/C20H32N4O6S/c1-20(2,3)30-19(26)22-13-15-4-6-23(7-5-15)18(25)17-12-16(14-21-17)31(27,28)24-8-10-29-11-9-24/h12,14-15,21H,4-11,13H2,1-3H3,(H,22,26). The van der Waals surface area contributed by atoms with Crippen molar-refractivity contribution in [1.82, 2.24) is 19.5 Å². The van der Waals surface area contributed by atoms with Gasteiger partial charge in [0, 0.05) is 38.9 Å². The van der Waals surface area contributed by atoms with Gasteiger partial charge < -0.3 is 24.7 Å². The number of ether oxygens (including phenoxy) is 2. The molecule has 10 nitrogen and oxygen atoms in total. The number of amides is 2. The summed E-state index contributed by atoms with van der Waals surface area (Å²) in [5.74, 6) is 0.0412. The average molecular weight is 457 g/mol. The van der Waals surface area contributed by atoms with Gasteiger partial charge in [-0.15, -0.1) is 0 Å². The molecule has 0 aromatic carbocycles. The first-order chi connectivity index (χ1) is 14.6. The van der Waals surface area contributed by atoms with Crippen LogP contribution >= 0.6 is 0 Å². The van der Waals surface area contributed by atoms with Crippen LogP contribution < -0.4 is 5.32 Å². The Bertz CT molecular complexity index is 878. The Morgan fingerprint density at radius 2 is 1.84 bits per heavy atom. The van der Waals surface area contributed by atoms with Crippen molar-refractivity contribution in [3.05, 3.63) is 18.0 Å². The molecule has 2 aliphatic rings. The van der Waals surface area contributed by atoms with Gasteiger partial charge in [0.1, 0.15) is 16.2 Å². The van der Waals surface area contributed by atoms with Crippen molar-refractivity contribution in [3.63, 3.8) is 0 Å². The van der Waals surface area contributed by atoms with Crippen LogP contribution in [0.4, 0.5) is 4.79 Å². The van der Waals surface area contributed by atoms with Crippen LogP contribution in [0.1, 0.15) is 44.1 Å². The zero-order valence-corrected chi connectivity index (χ0v) is 19.2. The van der Waals surface area contributed by atoms with Crippen LogP contribution in [0.5, 0.6) is 0 Å². The molecule has 11 heteroatoms. The molecular formula is C20H32N4O6S. The van der Waals surface area contributed by atoms with Crippen molar-refractivity contribution in [1.29, 1.82) is 0 Å². The topological polar surface area (TPSA) is 121 Å².